The normalized spacial score (nSPS) is 19.4. The van der Waals surface area contributed by atoms with E-state index in [0.29, 0.717) is 5.92 Å². The summed E-state index contributed by atoms with van der Waals surface area (Å²) in [6.45, 7) is 2.43. The van der Waals surface area contributed by atoms with Gasteiger partial charge in [-0.25, -0.2) is 4.79 Å². The number of hydrogen-bond acceptors (Lipinski definition) is 4. The van der Waals surface area contributed by atoms with E-state index in [-0.39, 0.29) is 6.09 Å². The number of amides is 1. The molecule has 1 aromatic heterocycles. The van der Waals surface area contributed by atoms with Crippen LogP contribution in [0.5, 0.6) is 0 Å². The van der Waals surface area contributed by atoms with Gasteiger partial charge in [-0.2, -0.15) is 0 Å². The number of carbonyl (C=O) groups is 1. The van der Waals surface area contributed by atoms with Crippen LogP contribution in [0.15, 0.2) is 24.5 Å². The molecule has 0 saturated carbocycles. The SMILES string of the molecule is COC(=O)N1CCCC(CNc2cccnc2)C1. The lowest BCUT2D eigenvalue weighted by Gasteiger charge is -2.31. The summed E-state index contributed by atoms with van der Waals surface area (Å²) < 4.78 is 4.76. The molecule has 0 aliphatic carbocycles. The number of methoxy groups -OCH3 is 1. The van der Waals surface area contributed by atoms with Crippen molar-refractivity contribution < 1.29 is 9.53 Å². The maximum absolute atomic E-state index is 11.5. The molecule has 18 heavy (non-hydrogen) atoms. The number of aromatic nitrogens is 1. The molecule has 5 nitrogen and oxygen atoms in total. The Morgan fingerprint density at radius 2 is 2.56 bits per heavy atom. The summed E-state index contributed by atoms with van der Waals surface area (Å²) in [5.74, 6) is 0.470. The van der Waals surface area contributed by atoms with Gasteiger partial charge in [-0.3, -0.25) is 4.98 Å². The molecule has 1 atom stereocenters. The number of nitrogens with zero attached hydrogens (tertiary/aromatic N) is 2. The number of rotatable bonds is 3. The van der Waals surface area contributed by atoms with E-state index in [1.165, 1.54) is 7.11 Å². The smallest absolute Gasteiger partial charge is 0.409 e. The Labute approximate surface area is 107 Å². The van der Waals surface area contributed by atoms with Gasteiger partial charge in [0.05, 0.1) is 12.8 Å². The van der Waals surface area contributed by atoms with E-state index in [4.69, 9.17) is 4.74 Å². The van der Waals surface area contributed by atoms with Gasteiger partial charge < -0.3 is 15.0 Å². The topological polar surface area (TPSA) is 54.5 Å². The molecule has 1 unspecified atom stereocenters. The minimum absolute atomic E-state index is 0.221. The van der Waals surface area contributed by atoms with Crippen LogP contribution >= 0.6 is 0 Å². The Hall–Kier alpha value is -1.78. The maximum Gasteiger partial charge on any atom is 0.409 e. The van der Waals surface area contributed by atoms with E-state index in [1.807, 2.05) is 12.1 Å². The molecule has 1 aliphatic heterocycles. The lowest BCUT2D eigenvalue weighted by molar-refractivity contribution is 0.104. The van der Waals surface area contributed by atoms with Crippen LogP contribution in [0, 0.1) is 5.92 Å². The first-order valence-electron chi connectivity index (χ1n) is 6.26. The second kappa shape index (κ2) is 6.23. The number of likely N-dealkylation sites (tertiary alicyclic amines) is 1. The molecule has 1 fully saturated rings. The zero-order chi connectivity index (χ0) is 12.8. The Balaban J connectivity index is 1.81. The highest BCUT2D eigenvalue weighted by Crippen LogP contribution is 2.17. The molecule has 0 radical (unpaired) electrons. The number of hydrogen-bond donors (Lipinski definition) is 1. The van der Waals surface area contributed by atoms with Crippen LogP contribution in [0.4, 0.5) is 10.5 Å². The van der Waals surface area contributed by atoms with E-state index in [0.717, 1.165) is 38.2 Å². The maximum atomic E-state index is 11.5. The number of anilines is 1. The fourth-order valence-electron chi connectivity index (χ4n) is 2.26. The van der Waals surface area contributed by atoms with Crippen molar-refractivity contribution in [2.24, 2.45) is 5.92 Å². The van der Waals surface area contributed by atoms with Crippen LogP contribution < -0.4 is 5.32 Å². The van der Waals surface area contributed by atoms with Crippen molar-refractivity contribution in [3.63, 3.8) is 0 Å². The predicted octanol–water partition coefficient (Wildman–Crippen LogP) is 1.97. The summed E-state index contributed by atoms with van der Waals surface area (Å²) in [5, 5.41) is 3.35. The summed E-state index contributed by atoms with van der Waals surface area (Å²) in [6, 6.07) is 3.90. The van der Waals surface area contributed by atoms with Gasteiger partial charge in [-0.1, -0.05) is 0 Å². The summed E-state index contributed by atoms with van der Waals surface area (Å²) in [4.78, 5) is 17.3. The van der Waals surface area contributed by atoms with Gasteiger partial charge in [0.1, 0.15) is 0 Å². The minimum Gasteiger partial charge on any atom is -0.453 e. The molecule has 5 heteroatoms. The van der Waals surface area contributed by atoms with Crippen LogP contribution in [-0.4, -0.2) is 42.7 Å². The molecular formula is C13H19N3O2. The molecule has 98 valence electrons. The average Bonchev–Trinajstić information content (AvgIpc) is 2.45. The van der Waals surface area contributed by atoms with Crippen molar-refractivity contribution in [2.75, 3.05) is 32.1 Å². The quantitative estimate of drug-likeness (QED) is 0.890. The molecule has 0 bridgehead atoms. The van der Waals surface area contributed by atoms with Crippen molar-refractivity contribution in [3.05, 3.63) is 24.5 Å². The Morgan fingerprint density at radius 1 is 1.67 bits per heavy atom. The lowest BCUT2D eigenvalue weighted by Crippen LogP contribution is -2.41. The van der Waals surface area contributed by atoms with Gasteiger partial charge in [0.25, 0.3) is 0 Å². The Bertz CT molecular complexity index is 383. The highest BCUT2D eigenvalue weighted by molar-refractivity contribution is 5.67. The van der Waals surface area contributed by atoms with Gasteiger partial charge in [0, 0.05) is 32.0 Å². The summed E-state index contributed by atoms with van der Waals surface area (Å²) in [7, 11) is 1.43. The Kier molecular flexibility index (Phi) is 4.39. The lowest BCUT2D eigenvalue weighted by atomic mass is 9.98. The highest BCUT2D eigenvalue weighted by atomic mass is 16.5. The van der Waals surface area contributed by atoms with Crippen LogP contribution in [0.25, 0.3) is 0 Å². The number of piperidine rings is 1. The summed E-state index contributed by atoms with van der Waals surface area (Å²) in [6.07, 6.45) is 5.52. The molecule has 1 N–H and O–H groups in total. The third kappa shape index (κ3) is 3.35. The molecule has 1 aliphatic rings. The largest absolute Gasteiger partial charge is 0.453 e. The highest BCUT2D eigenvalue weighted by Gasteiger charge is 2.23. The van der Waals surface area contributed by atoms with E-state index in [2.05, 4.69) is 10.3 Å². The third-order valence-corrected chi connectivity index (χ3v) is 3.21. The van der Waals surface area contributed by atoms with E-state index >= 15 is 0 Å². The fraction of sp³-hybridized carbons (Fsp3) is 0.538. The van der Waals surface area contributed by atoms with Crippen molar-refractivity contribution in [2.45, 2.75) is 12.8 Å². The van der Waals surface area contributed by atoms with Crippen LogP contribution in [0.1, 0.15) is 12.8 Å². The molecular weight excluding hydrogens is 230 g/mol. The fourth-order valence-corrected chi connectivity index (χ4v) is 2.26. The minimum atomic E-state index is -0.221. The standard InChI is InChI=1S/C13H19N3O2/c1-18-13(17)16-7-3-4-11(10-16)8-15-12-5-2-6-14-9-12/h2,5-6,9,11,15H,3-4,7-8,10H2,1H3. The van der Waals surface area contributed by atoms with Crippen LogP contribution in [0.3, 0.4) is 0 Å². The summed E-state index contributed by atoms with van der Waals surface area (Å²) in [5.41, 5.74) is 1.02. The third-order valence-electron chi connectivity index (χ3n) is 3.21. The number of nitrogens with one attached hydrogen (secondary N) is 1. The first-order valence-corrected chi connectivity index (χ1v) is 6.26. The average molecular weight is 249 g/mol. The van der Waals surface area contributed by atoms with Gasteiger partial charge in [-0.05, 0) is 30.9 Å². The zero-order valence-electron chi connectivity index (χ0n) is 10.6. The van der Waals surface area contributed by atoms with Crippen LogP contribution in [-0.2, 0) is 4.74 Å². The monoisotopic (exact) mass is 249 g/mol. The number of ether oxygens (including phenoxy) is 1. The van der Waals surface area contributed by atoms with Crippen molar-refractivity contribution in [1.29, 1.82) is 0 Å². The van der Waals surface area contributed by atoms with Crippen LogP contribution in [0.2, 0.25) is 0 Å². The zero-order valence-corrected chi connectivity index (χ0v) is 10.6. The second-order valence-corrected chi connectivity index (χ2v) is 4.55. The van der Waals surface area contributed by atoms with Gasteiger partial charge in [0.2, 0.25) is 0 Å². The molecule has 1 saturated heterocycles. The first kappa shape index (κ1) is 12.7. The molecule has 0 spiro atoms. The van der Waals surface area contributed by atoms with Gasteiger partial charge in [0.15, 0.2) is 0 Å². The molecule has 0 aromatic carbocycles. The predicted molar refractivity (Wildman–Crippen MR) is 69.4 cm³/mol. The molecule has 2 rings (SSSR count). The Morgan fingerprint density at radius 3 is 3.28 bits per heavy atom. The molecule has 1 aromatic rings. The van der Waals surface area contributed by atoms with Crippen molar-refractivity contribution >= 4 is 11.8 Å². The van der Waals surface area contributed by atoms with E-state index < -0.39 is 0 Å². The van der Waals surface area contributed by atoms with Gasteiger partial charge in [-0.15, -0.1) is 0 Å². The van der Waals surface area contributed by atoms with Gasteiger partial charge >= 0.3 is 6.09 Å². The molecule has 2 heterocycles. The van der Waals surface area contributed by atoms with Crippen molar-refractivity contribution in [3.8, 4) is 0 Å². The molecule has 1 amide bonds. The van der Waals surface area contributed by atoms with Crippen molar-refractivity contribution in [1.82, 2.24) is 9.88 Å². The first-order chi connectivity index (χ1) is 8.79. The second-order valence-electron chi connectivity index (χ2n) is 4.55. The number of carbonyl (C=O) groups excluding carboxylic acids is 1. The van der Waals surface area contributed by atoms with E-state index in [9.17, 15) is 4.79 Å². The van der Waals surface area contributed by atoms with E-state index in [1.54, 1.807) is 17.3 Å². The number of pyridine rings is 1. The summed E-state index contributed by atoms with van der Waals surface area (Å²) >= 11 is 0.